The summed E-state index contributed by atoms with van der Waals surface area (Å²) in [4.78, 5) is 0. The zero-order valence-corrected chi connectivity index (χ0v) is 5.05. The Labute approximate surface area is 48.1 Å². The third kappa shape index (κ3) is 1.75. The molecule has 0 radical (unpaired) electrons. The minimum absolute atomic E-state index is 1.13. The van der Waals surface area contributed by atoms with Crippen LogP contribution in [0.5, 0.6) is 0 Å². The highest BCUT2D eigenvalue weighted by Gasteiger charge is 2.33. The third-order valence-corrected chi connectivity index (χ3v) is 1.02. The molecule has 0 aromatic heterocycles. The van der Waals surface area contributed by atoms with Crippen LogP contribution in [0.3, 0.4) is 0 Å². The van der Waals surface area contributed by atoms with Gasteiger partial charge >= 0.3 is 0 Å². The summed E-state index contributed by atoms with van der Waals surface area (Å²) in [6.45, 7) is 2.46. The summed E-state index contributed by atoms with van der Waals surface area (Å²) in [6, 6.07) is 0. The van der Waals surface area contributed by atoms with Gasteiger partial charge in [-0.2, -0.15) is 0 Å². The number of hydrogen-bond acceptors (Lipinski definition) is 4. The van der Waals surface area contributed by atoms with Crippen molar-refractivity contribution < 1.29 is 10.2 Å². The number of nitrogens with two attached hydrogens (primary N) is 2. The summed E-state index contributed by atoms with van der Waals surface area (Å²) in [5.41, 5.74) is 8.73. The number of aliphatic hydroxyl groups is 2. The molecular weight excluding hydrogens is 108 g/mol. The predicted octanol–water partition coefficient (Wildman–Crippen LogP) is -1.68. The lowest BCUT2D eigenvalue weighted by atomic mass is 10.1. The summed E-state index contributed by atoms with van der Waals surface area (Å²) in [6.07, 6.45) is 0. The zero-order valence-electron chi connectivity index (χ0n) is 5.05. The standard InChI is InChI=1S/C4H12N2O2/c1-3(5,6)4(2,7)8/h7-8H,5-6H2,1-2H3. The largest absolute Gasteiger partial charge is 0.363 e. The Hall–Kier alpha value is -0.160. The van der Waals surface area contributed by atoms with E-state index < -0.39 is 11.4 Å². The monoisotopic (exact) mass is 120 g/mol. The van der Waals surface area contributed by atoms with E-state index in [1.165, 1.54) is 6.92 Å². The average Bonchev–Trinajstić information content (AvgIpc) is 1.25. The molecular formula is C4H12N2O2. The van der Waals surface area contributed by atoms with Gasteiger partial charge in [-0.05, 0) is 13.8 Å². The van der Waals surface area contributed by atoms with Gasteiger partial charge in [-0.3, -0.25) is 0 Å². The molecule has 0 aliphatic carbocycles. The van der Waals surface area contributed by atoms with E-state index in [2.05, 4.69) is 0 Å². The molecule has 0 atom stereocenters. The third-order valence-electron chi connectivity index (χ3n) is 1.02. The molecule has 50 valence electrons. The molecule has 4 nitrogen and oxygen atoms in total. The van der Waals surface area contributed by atoms with Crippen LogP contribution in [0.4, 0.5) is 0 Å². The summed E-state index contributed by atoms with van der Waals surface area (Å²) in [5, 5.41) is 17.3. The van der Waals surface area contributed by atoms with Crippen LogP contribution >= 0.6 is 0 Å². The van der Waals surface area contributed by atoms with E-state index in [-0.39, 0.29) is 0 Å². The van der Waals surface area contributed by atoms with Crippen LogP contribution in [-0.2, 0) is 0 Å². The van der Waals surface area contributed by atoms with Crippen LogP contribution in [0, 0.1) is 0 Å². The quantitative estimate of drug-likeness (QED) is 0.311. The number of rotatable bonds is 1. The van der Waals surface area contributed by atoms with E-state index in [4.69, 9.17) is 21.7 Å². The smallest absolute Gasteiger partial charge is 0.191 e. The molecule has 8 heavy (non-hydrogen) atoms. The van der Waals surface area contributed by atoms with Gasteiger partial charge in [0.15, 0.2) is 5.79 Å². The molecule has 4 heteroatoms. The fraction of sp³-hybridized carbons (Fsp3) is 1.00. The normalized spacial score (nSPS) is 14.2. The van der Waals surface area contributed by atoms with Crippen LogP contribution in [0.2, 0.25) is 0 Å². The summed E-state index contributed by atoms with van der Waals surface area (Å²) < 4.78 is 0. The van der Waals surface area contributed by atoms with E-state index in [0.717, 1.165) is 6.92 Å². The first-order valence-electron chi connectivity index (χ1n) is 2.27. The zero-order chi connectivity index (χ0) is 7.00. The van der Waals surface area contributed by atoms with Crippen LogP contribution in [0.1, 0.15) is 13.8 Å². The molecule has 0 fully saturated rings. The fourth-order valence-electron chi connectivity index (χ4n) is 0. The molecule has 0 unspecified atom stereocenters. The highest BCUT2D eigenvalue weighted by molar-refractivity contribution is 4.82. The second kappa shape index (κ2) is 1.66. The lowest BCUT2D eigenvalue weighted by Gasteiger charge is -2.30. The molecule has 0 rings (SSSR count). The summed E-state index contributed by atoms with van der Waals surface area (Å²) >= 11 is 0. The van der Waals surface area contributed by atoms with Crippen LogP contribution in [0.15, 0.2) is 0 Å². The van der Waals surface area contributed by atoms with E-state index in [9.17, 15) is 0 Å². The molecule has 0 aromatic rings. The van der Waals surface area contributed by atoms with Crippen LogP contribution in [0.25, 0.3) is 0 Å². The van der Waals surface area contributed by atoms with Crippen molar-refractivity contribution >= 4 is 0 Å². The van der Waals surface area contributed by atoms with Crippen molar-refractivity contribution in [3.05, 3.63) is 0 Å². The topological polar surface area (TPSA) is 92.5 Å². The van der Waals surface area contributed by atoms with Gasteiger partial charge < -0.3 is 21.7 Å². The molecule has 0 amide bonds. The Balaban J connectivity index is 4.02. The Bertz CT molecular complexity index is 67.0. The highest BCUT2D eigenvalue weighted by Crippen LogP contribution is 2.07. The molecule has 0 bridgehead atoms. The molecule has 0 aliphatic rings. The van der Waals surface area contributed by atoms with Gasteiger partial charge in [-0.1, -0.05) is 0 Å². The van der Waals surface area contributed by atoms with Gasteiger partial charge in [0, 0.05) is 0 Å². The van der Waals surface area contributed by atoms with Crippen molar-refractivity contribution in [2.75, 3.05) is 0 Å². The lowest BCUT2D eigenvalue weighted by Crippen LogP contribution is -2.63. The van der Waals surface area contributed by atoms with Gasteiger partial charge in [0.2, 0.25) is 0 Å². The van der Waals surface area contributed by atoms with E-state index >= 15 is 0 Å². The summed E-state index contributed by atoms with van der Waals surface area (Å²) in [5.74, 6) is -2.01. The van der Waals surface area contributed by atoms with Gasteiger partial charge in [0.25, 0.3) is 0 Å². The minimum atomic E-state index is -2.01. The second-order valence-corrected chi connectivity index (χ2v) is 2.30. The van der Waals surface area contributed by atoms with Crippen molar-refractivity contribution in [1.82, 2.24) is 0 Å². The molecule has 0 heterocycles. The van der Waals surface area contributed by atoms with Gasteiger partial charge in [0.1, 0.15) is 5.66 Å². The van der Waals surface area contributed by atoms with Gasteiger partial charge in [-0.15, -0.1) is 0 Å². The predicted molar refractivity (Wildman–Crippen MR) is 29.6 cm³/mol. The molecule has 0 aromatic carbocycles. The number of hydrogen-bond donors (Lipinski definition) is 4. The fourth-order valence-corrected chi connectivity index (χ4v) is 0. The van der Waals surface area contributed by atoms with E-state index in [1.807, 2.05) is 0 Å². The first kappa shape index (κ1) is 7.84. The molecule has 0 spiro atoms. The lowest BCUT2D eigenvalue weighted by molar-refractivity contribution is -0.189. The van der Waals surface area contributed by atoms with Crippen LogP contribution < -0.4 is 11.5 Å². The van der Waals surface area contributed by atoms with Crippen molar-refractivity contribution in [2.24, 2.45) is 11.5 Å². The second-order valence-electron chi connectivity index (χ2n) is 2.30. The maximum Gasteiger partial charge on any atom is 0.191 e. The Kier molecular flexibility index (Phi) is 1.63. The first-order chi connectivity index (χ1) is 3.25. The van der Waals surface area contributed by atoms with Crippen molar-refractivity contribution in [1.29, 1.82) is 0 Å². The average molecular weight is 120 g/mol. The Morgan fingerprint density at radius 3 is 1.25 bits per heavy atom. The Morgan fingerprint density at radius 2 is 1.25 bits per heavy atom. The molecule has 0 aliphatic heterocycles. The van der Waals surface area contributed by atoms with Crippen molar-refractivity contribution in [2.45, 2.75) is 25.3 Å². The van der Waals surface area contributed by atoms with Crippen LogP contribution in [-0.4, -0.2) is 21.7 Å². The maximum atomic E-state index is 8.66. The maximum absolute atomic E-state index is 8.66. The minimum Gasteiger partial charge on any atom is -0.363 e. The molecule has 6 N–H and O–H groups in total. The van der Waals surface area contributed by atoms with E-state index in [1.54, 1.807) is 0 Å². The summed E-state index contributed by atoms with van der Waals surface area (Å²) in [7, 11) is 0. The SMILES string of the molecule is CC(N)(N)C(C)(O)O. The highest BCUT2D eigenvalue weighted by atomic mass is 16.5. The van der Waals surface area contributed by atoms with Gasteiger partial charge in [0.05, 0.1) is 0 Å². The molecule has 0 saturated heterocycles. The first-order valence-corrected chi connectivity index (χ1v) is 2.27. The van der Waals surface area contributed by atoms with E-state index in [0.29, 0.717) is 0 Å². The molecule has 0 saturated carbocycles. The Morgan fingerprint density at radius 1 is 1.12 bits per heavy atom. The van der Waals surface area contributed by atoms with Crippen molar-refractivity contribution in [3.63, 3.8) is 0 Å². The van der Waals surface area contributed by atoms with Crippen molar-refractivity contribution in [3.8, 4) is 0 Å². The van der Waals surface area contributed by atoms with Gasteiger partial charge in [-0.25, -0.2) is 0 Å².